The van der Waals surface area contributed by atoms with E-state index in [0.29, 0.717) is 19.5 Å². The van der Waals surface area contributed by atoms with Crippen LogP contribution in [0, 0.1) is 6.92 Å². The van der Waals surface area contributed by atoms with Crippen molar-refractivity contribution in [1.29, 1.82) is 0 Å². The van der Waals surface area contributed by atoms with Gasteiger partial charge in [-0.15, -0.1) is 0 Å². The minimum absolute atomic E-state index is 0.257. The average molecular weight is 390 g/mol. The van der Waals surface area contributed by atoms with Crippen LogP contribution in [0.2, 0.25) is 0 Å². The molecule has 1 saturated heterocycles. The molecular weight excluding hydrogens is 369 g/mol. The zero-order chi connectivity index (χ0) is 19.9. The third kappa shape index (κ3) is 3.55. The van der Waals surface area contributed by atoms with E-state index < -0.39 is 11.7 Å². The zero-order valence-electron chi connectivity index (χ0n) is 15.6. The molecule has 1 amide bonds. The van der Waals surface area contributed by atoms with Gasteiger partial charge in [-0.3, -0.25) is 4.79 Å². The van der Waals surface area contributed by atoms with E-state index in [1.807, 2.05) is 6.92 Å². The van der Waals surface area contributed by atoms with Crippen molar-refractivity contribution >= 4 is 11.7 Å². The molecule has 28 heavy (non-hydrogen) atoms. The third-order valence-electron chi connectivity index (χ3n) is 5.30. The SMILES string of the molecule is Cc1nc2c(c(N3CCCC3)n1)CN(C(=O)c1ccc(C(F)(F)F)cc1)CC2. The van der Waals surface area contributed by atoms with Crippen LogP contribution >= 0.6 is 0 Å². The van der Waals surface area contributed by atoms with Gasteiger partial charge in [-0.1, -0.05) is 0 Å². The molecule has 0 bridgehead atoms. The second-order valence-electron chi connectivity index (χ2n) is 7.27. The Bertz CT molecular complexity index is 890. The van der Waals surface area contributed by atoms with Crippen LogP contribution in [0.25, 0.3) is 0 Å². The third-order valence-corrected chi connectivity index (χ3v) is 5.30. The van der Waals surface area contributed by atoms with Crippen molar-refractivity contribution < 1.29 is 18.0 Å². The van der Waals surface area contributed by atoms with E-state index in [1.165, 1.54) is 12.1 Å². The number of aromatic nitrogens is 2. The highest BCUT2D eigenvalue weighted by molar-refractivity contribution is 5.94. The molecule has 0 N–H and O–H groups in total. The summed E-state index contributed by atoms with van der Waals surface area (Å²) in [5, 5.41) is 0. The van der Waals surface area contributed by atoms with E-state index in [4.69, 9.17) is 0 Å². The number of alkyl halides is 3. The normalized spacial score (nSPS) is 17.0. The lowest BCUT2D eigenvalue weighted by Crippen LogP contribution is -2.38. The fourth-order valence-electron chi connectivity index (χ4n) is 3.87. The highest BCUT2D eigenvalue weighted by atomic mass is 19.4. The predicted octanol–water partition coefficient (Wildman–Crippen LogP) is 3.60. The number of halogens is 3. The van der Waals surface area contributed by atoms with Crippen LogP contribution in [0.5, 0.6) is 0 Å². The molecule has 0 atom stereocenters. The summed E-state index contributed by atoms with van der Waals surface area (Å²) in [4.78, 5) is 25.9. The molecular formula is C20H21F3N4O. The van der Waals surface area contributed by atoms with Gasteiger partial charge in [0.2, 0.25) is 0 Å². The van der Waals surface area contributed by atoms with Crippen molar-refractivity contribution in [2.75, 3.05) is 24.5 Å². The summed E-state index contributed by atoms with van der Waals surface area (Å²) in [7, 11) is 0. The lowest BCUT2D eigenvalue weighted by molar-refractivity contribution is -0.137. The van der Waals surface area contributed by atoms with E-state index in [-0.39, 0.29) is 11.5 Å². The van der Waals surface area contributed by atoms with E-state index in [9.17, 15) is 18.0 Å². The molecule has 8 heteroatoms. The summed E-state index contributed by atoms with van der Waals surface area (Å²) in [5.41, 5.74) is 1.42. The van der Waals surface area contributed by atoms with Gasteiger partial charge in [0, 0.05) is 37.2 Å². The standard InChI is InChI=1S/C20H21F3N4O/c1-13-24-17-8-11-27(12-16(17)18(25-13)26-9-2-3-10-26)19(28)14-4-6-15(7-5-14)20(21,22)23/h4-7H,2-3,8-12H2,1H3. The van der Waals surface area contributed by atoms with Gasteiger partial charge in [-0.05, 0) is 44.0 Å². The lowest BCUT2D eigenvalue weighted by atomic mass is 10.0. The first kappa shape index (κ1) is 18.7. The second-order valence-corrected chi connectivity index (χ2v) is 7.27. The van der Waals surface area contributed by atoms with E-state index in [1.54, 1.807) is 4.90 Å². The molecule has 1 aromatic heterocycles. The molecule has 0 spiro atoms. The van der Waals surface area contributed by atoms with Crippen molar-refractivity contribution in [3.63, 3.8) is 0 Å². The van der Waals surface area contributed by atoms with Gasteiger partial charge in [-0.25, -0.2) is 9.97 Å². The van der Waals surface area contributed by atoms with Crippen molar-refractivity contribution in [2.45, 2.75) is 38.9 Å². The maximum Gasteiger partial charge on any atom is 0.416 e. The van der Waals surface area contributed by atoms with Crippen LogP contribution in [0.1, 0.15) is 45.8 Å². The molecule has 0 unspecified atom stereocenters. The molecule has 4 rings (SSSR count). The quantitative estimate of drug-likeness (QED) is 0.786. The number of carbonyl (C=O) groups excluding carboxylic acids is 1. The molecule has 3 heterocycles. The number of fused-ring (bicyclic) bond motifs is 1. The Kier molecular flexibility index (Phi) is 4.72. The average Bonchev–Trinajstić information content (AvgIpc) is 3.20. The maximum absolute atomic E-state index is 12.9. The Balaban J connectivity index is 1.59. The second kappa shape index (κ2) is 7.07. The van der Waals surface area contributed by atoms with E-state index >= 15 is 0 Å². The van der Waals surface area contributed by atoms with Crippen molar-refractivity contribution in [3.05, 3.63) is 52.5 Å². The monoisotopic (exact) mass is 390 g/mol. The largest absolute Gasteiger partial charge is 0.416 e. The summed E-state index contributed by atoms with van der Waals surface area (Å²) in [6.45, 7) is 4.62. The molecule has 1 aromatic carbocycles. The first-order valence-corrected chi connectivity index (χ1v) is 9.41. The Morgan fingerprint density at radius 2 is 1.71 bits per heavy atom. The van der Waals surface area contributed by atoms with Crippen LogP contribution in [0.15, 0.2) is 24.3 Å². The molecule has 2 aliphatic heterocycles. The number of anilines is 1. The topological polar surface area (TPSA) is 49.3 Å². The fraction of sp³-hybridized carbons (Fsp3) is 0.450. The highest BCUT2D eigenvalue weighted by Crippen LogP contribution is 2.31. The Morgan fingerprint density at radius 1 is 1.04 bits per heavy atom. The van der Waals surface area contributed by atoms with Crippen molar-refractivity contribution in [3.8, 4) is 0 Å². The van der Waals surface area contributed by atoms with Crippen molar-refractivity contribution in [1.82, 2.24) is 14.9 Å². The number of rotatable bonds is 2. The van der Waals surface area contributed by atoms with Gasteiger partial charge in [0.25, 0.3) is 5.91 Å². The van der Waals surface area contributed by atoms with Gasteiger partial charge >= 0.3 is 6.18 Å². The Morgan fingerprint density at radius 3 is 2.36 bits per heavy atom. The number of nitrogens with zero attached hydrogens (tertiary/aromatic N) is 4. The van der Waals surface area contributed by atoms with Gasteiger partial charge in [-0.2, -0.15) is 13.2 Å². The van der Waals surface area contributed by atoms with Crippen LogP contribution in [-0.4, -0.2) is 40.4 Å². The van der Waals surface area contributed by atoms with E-state index in [2.05, 4.69) is 14.9 Å². The first-order chi connectivity index (χ1) is 13.3. The van der Waals surface area contributed by atoms with Gasteiger partial charge in [0.05, 0.1) is 17.8 Å². The van der Waals surface area contributed by atoms with E-state index in [0.717, 1.165) is 61.0 Å². The summed E-state index contributed by atoms with van der Waals surface area (Å²) < 4.78 is 38.3. The van der Waals surface area contributed by atoms with Gasteiger partial charge in [0.15, 0.2) is 0 Å². The number of amides is 1. The Hall–Kier alpha value is -2.64. The maximum atomic E-state index is 12.9. The molecule has 0 radical (unpaired) electrons. The van der Waals surface area contributed by atoms with Crippen LogP contribution in [0.3, 0.4) is 0 Å². The molecule has 2 aromatic rings. The minimum atomic E-state index is -4.41. The highest BCUT2D eigenvalue weighted by Gasteiger charge is 2.31. The zero-order valence-corrected chi connectivity index (χ0v) is 15.6. The number of carbonyl (C=O) groups is 1. The van der Waals surface area contributed by atoms with Crippen LogP contribution < -0.4 is 4.90 Å². The number of aryl methyl sites for hydroxylation is 1. The summed E-state index contributed by atoms with van der Waals surface area (Å²) in [6, 6.07) is 4.39. The smallest absolute Gasteiger partial charge is 0.356 e. The molecule has 0 saturated carbocycles. The predicted molar refractivity (Wildman–Crippen MR) is 98.1 cm³/mol. The molecule has 0 aliphatic carbocycles. The lowest BCUT2D eigenvalue weighted by Gasteiger charge is -2.31. The number of hydrogen-bond donors (Lipinski definition) is 0. The van der Waals surface area contributed by atoms with Gasteiger partial charge in [0.1, 0.15) is 11.6 Å². The number of hydrogen-bond acceptors (Lipinski definition) is 4. The fourth-order valence-corrected chi connectivity index (χ4v) is 3.87. The molecule has 5 nitrogen and oxygen atoms in total. The van der Waals surface area contributed by atoms with Crippen LogP contribution in [-0.2, 0) is 19.1 Å². The summed E-state index contributed by atoms with van der Waals surface area (Å²) in [5.74, 6) is 1.35. The first-order valence-electron chi connectivity index (χ1n) is 9.41. The van der Waals surface area contributed by atoms with Crippen LogP contribution in [0.4, 0.5) is 19.0 Å². The van der Waals surface area contributed by atoms with Gasteiger partial charge < -0.3 is 9.80 Å². The number of benzene rings is 1. The Labute approximate surface area is 161 Å². The summed E-state index contributed by atoms with van der Waals surface area (Å²) in [6.07, 6.45) is -1.56. The minimum Gasteiger partial charge on any atom is -0.356 e. The summed E-state index contributed by atoms with van der Waals surface area (Å²) >= 11 is 0. The molecule has 148 valence electrons. The molecule has 2 aliphatic rings. The molecule has 1 fully saturated rings. The van der Waals surface area contributed by atoms with Crippen molar-refractivity contribution in [2.24, 2.45) is 0 Å².